The SMILES string of the molecule is Cc1ccc(C(=O)c2cccn2C/C=C/c2ccc(CO[C@@H](C)C(=O)O)cc2)cc1.[NH3+]C(CO)(CO)CO. The Balaban J connectivity index is 0.000000550. The Hall–Kier alpha value is -3.60. The highest BCUT2D eigenvalue weighted by atomic mass is 16.5. The van der Waals surface area contributed by atoms with Crippen molar-refractivity contribution >= 4 is 17.8 Å². The molecule has 204 valence electrons. The van der Waals surface area contributed by atoms with Crippen LogP contribution in [0.5, 0.6) is 0 Å². The van der Waals surface area contributed by atoms with Crippen LogP contribution in [-0.2, 0) is 22.7 Å². The molecule has 0 radical (unpaired) electrons. The third kappa shape index (κ3) is 9.37. The van der Waals surface area contributed by atoms with Gasteiger partial charge < -0.3 is 35.5 Å². The maximum atomic E-state index is 12.8. The van der Waals surface area contributed by atoms with Crippen LogP contribution in [0.15, 0.2) is 72.9 Å². The molecule has 9 heteroatoms. The predicted octanol–water partition coefficient (Wildman–Crippen LogP) is 1.67. The zero-order valence-electron chi connectivity index (χ0n) is 21.8. The van der Waals surface area contributed by atoms with Gasteiger partial charge in [-0.05, 0) is 37.1 Å². The smallest absolute Gasteiger partial charge is 0.332 e. The molecule has 0 spiro atoms. The van der Waals surface area contributed by atoms with Crippen LogP contribution >= 0.6 is 0 Å². The monoisotopic (exact) mass is 525 g/mol. The molecule has 0 aliphatic heterocycles. The first-order valence-corrected chi connectivity index (χ1v) is 12.2. The van der Waals surface area contributed by atoms with Crippen LogP contribution in [0.3, 0.4) is 0 Å². The number of nitrogens with zero attached hydrogens (tertiary/aromatic N) is 1. The first-order valence-electron chi connectivity index (χ1n) is 12.2. The quantitative estimate of drug-likeness (QED) is 0.225. The number of aliphatic hydroxyl groups excluding tert-OH is 3. The van der Waals surface area contributed by atoms with Gasteiger partial charge in [0, 0.05) is 18.3 Å². The summed E-state index contributed by atoms with van der Waals surface area (Å²) in [5, 5.41) is 34.1. The first kappa shape index (κ1) is 30.6. The van der Waals surface area contributed by atoms with E-state index < -0.39 is 17.6 Å². The van der Waals surface area contributed by atoms with Crippen molar-refractivity contribution in [1.82, 2.24) is 4.57 Å². The van der Waals surface area contributed by atoms with E-state index in [2.05, 4.69) is 5.73 Å². The largest absolute Gasteiger partial charge is 0.479 e. The summed E-state index contributed by atoms with van der Waals surface area (Å²) in [6.45, 7) is 3.47. The third-order valence-corrected chi connectivity index (χ3v) is 5.82. The minimum Gasteiger partial charge on any atom is -0.479 e. The number of allylic oxidation sites excluding steroid dienone is 1. The topological polar surface area (TPSA) is 157 Å². The van der Waals surface area contributed by atoms with Gasteiger partial charge in [0.05, 0.1) is 12.3 Å². The number of quaternary nitrogens is 1. The third-order valence-electron chi connectivity index (χ3n) is 5.82. The Labute approximate surface area is 222 Å². The maximum absolute atomic E-state index is 12.8. The van der Waals surface area contributed by atoms with E-state index in [1.54, 1.807) is 0 Å². The number of ether oxygens (including phenoxy) is 1. The van der Waals surface area contributed by atoms with Gasteiger partial charge in [0.25, 0.3) is 0 Å². The average Bonchev–Trinajstić information content (AvgIpc) is 3.40. The van der Waals surface area contributed by atoms with Gasteiger partial charge in [-0.25, -0.2) is 4.79 Å². The highest BCUT2D eigenvalue weighted by Gasteiger charge is 2.25. The van der Waals surface area contributed by atoms with Gasteiger partial charge in [-0.15, -0.1) is 0 Å². The molecule has 0 saturated carbocycles. The van der Waals surface area contributed by atoms with E-state index >= 15 is 0 Å². The van der Waals surface area contributed by atoms with Crippen LogP contribution in [0.25, 0.3) is 6.08 Å². The fourth-order valence-corrected chi connectivity index (χ4v) is 3.10. The second-order valence-corrected chi connectivity index (χ2v) is 9.15. The number of carboxylic acid groups (broad SMARTS) is 1. The number of carbonyl (C=O) groups is 2. The van der Waals surface area contributed by atoms with Gasteiger partial charge in [0.2, 0.25) is 5.78 Å². The number of ketones is 1. The Morgan fingerprint density at radius 3 is 2.13 bits per heavy atom. The Kier molecular flexibility index (Phi) is 12.1. The van der Waals surface area contributed by atoms with Gasteiger partial charge in [-0.1, -0.05) is 66.2 Å². The molecular weight excluding hydrogens is 488 g/mol. The lowest BCUT2D eigenvalue weighted by molar-refractivity contribution is -0.494. The van der Waals surface area contributed by atoms with E-state index in [9.17, 15) is 9.59 Å². The fraction of sp³-hybridized carbons (Fsp3) is 0.310. The number of aromatic nitrogens is 1. The van der Waals surface area contributed by atoms with Crippen LogP contribution in [0.4, 0.5) is 0 Å². The molecule has 1 atom stereocenters. The number of carboxylic acids is 1. The number of hydrogen-bond donors (Lipinski definition) is 5. The highest BCUT2D eigenvalue weighted by Crippen LogP contribution is 2.13. The van der Waals surface area contributed by atoms with Crippen LogP contribution in [0.1, 0.15) is 39.7 Å². The van der Waals surface area contributed by atoms with E-state index in [1.165, 1.54) is 6.92 Å². The normalized spacial score (nSPS) is 12.2. The number of hydrogen-bond acceptors (Lipinski definition) is 6. The van der Waals surface area contributed by atoms with Crippen molar-refractivity contribution in [3.8, 4) is 0 Å². The van der Waals surface area contributed by atoms with E-state index in [0.29, 0.717) is 17.8 Å². The van der Waals surface area contributed by atoms with E-state index in [1.807, 2.05) is 90.5 Å². The lowest BCUT2D eigenvalue weighted by Gasteiger charge is -2.16. The van der Waals surface area contributed by atoms with Crippen molar-refractivity contribution in [1.29, 1.82) is 0 Å². The molecule has 0 unspecified atom stereocenters. The molecule has 1 heterocycles. The molecule has 38 heavy (non-hydrogen) atoms. The van der Waals surface area contributed by atoms with Crippen molar-refractivity contribution in [3.05, 3.63) is 101 Å². The number of rotatable bonds is 12. The molecule has 2 aromatic carbocycles. The molecule has 0 bridgehead atoms. The minimum atomic E-state index is -0.972. The second-order valence-electron chi connectivity index (χ2n) is 9.15. The predicted molar refractivity (Wildman–Crippen MR) is 143 cm³/mol. The molecule has 0 amide bonds. The second kappa shape index (κ2) is 15.0. The molecular formula is C29H37N2O7+. The molecule has 3 aromatic rings. The summed E-state index contributed by atoms with van der Waals surface area (Å²) in [7, 11) is 0. The van der Waals surface area contributed by atoms with Gasteiger partial charge in [0.1, 0.15) is 19.8 Å². The molecule has 0 fully saturated rings. The van der Waals surface area contributed by atoms with Crippen LogP contribution in [0.2, 0.25) is 0 Å². The lowest BCUT2D eigenvalue weighted by Crippen LogP contribution is -2.78. The van der Waals surface area contributed by atoms with E-state index in [0.717, 1.165) is 16.7 Å². The number of aliphatic carboxylic acids is 1. The standard InChI is InChI=1S/C25H25NO4.C4H11NO3/c1-18-7-13-22(14-8-18)24(27)23-6-4-16-26(23)15-3-5-20-9-11-21(12-10-20)17-30-19(2)25(28)29;5-4(1-6,2-7)3-8/h3-14,16,19H,15,17H2,1-2H3,(H,28,29);6-8H,1-3,5H2/p+1/b5-3+;/t19-;/m0./s1. The first-order chi connectivity index (χ1) is 18.1. The van der Waals surface area contributed by atoms with Crippen molar-refractivity contribution in [3.63, 3.8) is 0 Å². The van der Waals surface area contributed by atoms with Crippen LogP contribution < -0.4 is 5.73 Å². The summed E-state index contributed by atoms with van der Waals surface area (Å²) in [6.07, 6.45) is 5.06. The van der Waals surface area contributed by atoms with Crippen LogP contribution in [0, 0.1) is 6.92 Å². The van der Waals surface area contributed by atoms with Crippen molar-refractivity contribution in [2.75, 3.05) is 19.8 Å². The summed E-state index contributed by atoms with van der Waals surface area (Å²) >= 11 is 0. The number of benzene rings is 2. The number of aryl methyl sites for hydroxylation is 1. The lowest BCUT2D eigenvalue weighted by atomic mass is 10.1. The van der Waals surface area contributed by atoms with Crippen molar-refractivity contribution < 1.29 is 40.5 Å². The summed E-state index contributed by atoms with van der Waals surface area (Å²) in [5.74, 6) is -0.965. The van der Waals surface area contributed by atoms with Gasteiger partial charge in [-0.3, -0.25) is 4.79 Å². The highest BCUT2D eigenvalue weighted by molar-refractivity contribution is 6.08. The Morgan fingerprint density at radius 1 is 1.00 bits per heavy atom. The Bertz CT molecular complexity index is 1170. The van der Waals surface area contributed by atoms with Gasteiger partial charge >= 0.3 is 5.97 Å². The summed E-state index contributed by atoms with van der Waals surface area (Å²) in [5.41, 5.74) is 6.81. The van der Waals surface area contributed by atoms with Crippen molar-refractivity contribution in [2.45, 2.75) is 38.6 Å². The maximum Gasteiger partial charge on any atom is 0.332 e. The van der Waals surface area contributed by atoms with Gasteiger partial charge in [0.15, 0.2) is 11.6 Å². The molecule has 1 aromatic heterocycles. The molecule has 0 aliphatic carbocycles. The van der Waals surface area contributed by atoms with Gasteiger partial charge in [-0.2, -0.15) is 0 Å². The molecule has 0 saturated heterocycles. The summed E-state index contributed by atoms with van der Waals surface area (Å²) in [6, 6.07) is 19.0. The zero-order valence-corrected chi connectivity index (χ0v) is 21.8. The van der Waals surface area contributed by atoms with E-state index in [-0.39, 0.29) is 32.2 Å². The molecule has 9 nitrogen and oxygen atoms in total. The number of aliphatic hydroxyl groups is 3. The zero-order chi connectivity index (χ0) is 28.1. The van der Waals surface area contributed by atoms with Crippen molar-refractivity contribution in [2.24, 2.45) is 0 Å². The average molecular weight is 526 g/mol. The van der Waals surface area contributed by atoms with Crippen LogP contribution in [-0.4, -0.2) is 68.2 Å². The molecule has 7 N–H and O–H groups in total. The number of carbonyl (C=O) groups excluding carboxylic acids is 1. The fourth-order valence-electron chi connectivity index (χ4n) is 3.10. The Morgan fingerprint density at radius 2 is 1.61 bits per heavy atom. The van der Waals surface area contributed by atoms with E-state index in [4.69, 9.17) is 25.2 Å². The summed E-state index contributed by atoms with van der Waals surface area (Å²) < 4.78 is 7.21. The minimum absolute atomic E-state index is 0.00772. The molecule has 0 aliphatic rings. The molecule has 3 rings (SSSR count). The summed E-state index contributed by atoms with van der Waals surface area (Å²) in [4.78, 5) is 23.6.